The number of aromatic hydroxyl groups is 1. The summed E-state index contributed by atoms with van der Waals surface area (Å²) in [5.74, 6) is -1.72. The fraction of sp³-hybridized carbons (Fsp3) is 0.312. The molecule has 122 valence electrons. The lowest BCUT2D eigenvalue weighted by Gasteiger charge is -2.13. The van der Waals surface area contributed by atoms with Crippen LogP contribution in [0, 0.1) is 6.92 Å². The molecule has 0 spiro atoms. The van der Waals surface area contributed by atoms with Crippen molar-refractivity contribution < 1.29 is 24.2 Å². The van der Waals surface area contributed by atoms with E-state index in [0.717, 1.165) is 0 Å². The van der Waals surface area contributed by atoms with Crippen molar-refractivity contribution in [1.82, 2.24) is 5.32 Å². The first-order valence-electron chi connectivity index (χ1n) is 7.11. The molecule has 7 nitrogen and oxygen atoms in total. The molecule has 0 aliphatic rings. The molecule has 0 aliphatic heterocycles. The Labute approximate surface area is 131 Å². The van der Waals surface area contributed by atoms with E-state index in [2.05, 4.69) is 5.32 Å². The average molecular weight is 319 g/mol. The molecule has 2 aromatic rings. The first-order chi connectivity index (χ1) is 10.8. The summed E-state index contributed by atoms with van der Waals surface area (Å²) in [6.45, 7) is 3.31. The van der Waals surface area contributed by atoms with E-state index in [0.29, 0.717) is 10.9 Å². The van der Waals surface area contributed by atoms with Gasteiger partial charge in [0.25, 0.3) is 0 Å². The van der Waals surface area contributed by atoms with Gasteiger partial charge in [-0.1, -0.05) is 6.92 Å². The molecule has 1 aromatic heterocycles. The minimum atomic E-state index is -1.13. The normalized spacial score (nSPS) is 12.1. The number of carboxylic acids is 1. The first kappa shape index (κ1) is 16.5. The predicted octanol–water partition coefficient (Wildman–Crippen LogP) is 1.33. The molecule has 0 radical (unpaired) electrons. The van der Waals surface area contributed by atoms with Crippen LogP contribution < -0.4 is 10.9 Å². The Bertz CT molecular complexity index is 823. The lowest BCUT2D eigenvalue weighted by atomic mass is 10.0. The second-order valence-electron chi connectivity index (χ2n) is 5.22. The maximum Gasteiger partial charge on any atom is 0.340 e. The molecule has 7 heteroatoms. The van der Waals surface area contributed by atoms with Gasteiger partial charge in [0.15, 0.2) is 0 Å². The fourth-order valence-electron chi connectivity index (χ4n) is 2.33. The maximum atomic E-state index is 12.0. The standard InChI is InChI=1S/C16H17NO6/c1-3-12(15(20)21)17-14(19)7-11-8(2)10-5-4-9(18)6-13(10)23-16(11)22/h4-6,12,18H,3,7H2,1-2H3,(H,17,19)(H,20,21)/t12-/m0/s1. The zero-order chi connectivity index (χ0) is 17.1. The third-order valence-corrected chi connectivity index (χ3v) is 3.65. The van der Waals surface area contributed by atoms with Gasteiger partial charge in [-0.25, -0.2) is 9.59 Å². The van der Waals surface area contributed by atoms with Gasteiger partial charge in [0.05, 0.1) is 12.0 Å². The second-order valence-corrected chi connectivity index (χ2v) is 5.22. The number of phenols is 1. The zero-order valence-corrected chi connectivity index (χ0v) is 12.8. The summed E-state index contributed by atoms with van der Waals surface area (Å²) in [6, 6.07) is 3.38. The number of hydrogen-bond acceptors (Lipinski definition) is 5. The van der Waals surface area contributed by atoms with E-state index in [1.54, 1.807) is 19.9 Å². The van der Waals surface area contributed by atoms with Crippen LogP contribution in [0.3, 0.4) is 0 Å². The highest BCUT2D eigenvalue weighted by atomic mass is 16.4. The quantitative estimate of drug-likeness (QED) is 0.716. The van der Waals surface area contributed by atoms with E-state index in [1.165, 1.54) is 12.1 Å². The van der Waals surface area contributed by atoms with E-state index in [-0.39, 0.29) is 29.7 Å². The number of carbonyl (C=O) groups is 2. The number of amides is 1. The van der Waals surface area contributed by atoms with Gasteiger partial charge < -0.3 is 19.9 Å². The summed E-state index contributed by atoms with van der Waals surface area (Å²) < 4.78 is 5.12. The number of rotatable bonds is 5. The number of fused-ring (bicyclic) bond motifs is 1. The summed E-state index contributed by atoms with van der Waals surface area (Å²) in [5, 5.41) is 21.3. The zero-order valence-electron chi connectivity index (χ0n) is 12.8. The van der Waals surface area contributed by atoms with Crippen molar-refractivity contribution in [3.05, 3.63) is 39.7 Å². The number of carboxylic acid groups (broad SMARTS) is 1. The molecule has 1 atom stereocenters. The highest BCUT2D eigenvalue weighted by Crippen LogP contribution is 2.23. The van der Waals surface area contributed by atoms with E-state index in [4.69, 9.17) is 9.52 Å². The summed E-state index contributed by atoms with van der Waals surface area (Å²) in [7, 11) is 0. The molecule has 0 saturated heterocycles. The number of hydrogen-bond donors (Lipinski definition) is 3. The van der Waals surface area contributed by atoms with Gasteiger partial charge in [0, 0.05) is 11.5 Å². The van der Waals surface area contributed by atoms with Crippen LogP contribution in [-0.4, -0.2) is 28.1 Å². The summed E-state index contributed by atoms with van der Waals surface area (Å²) >= 11 is 0. The van der Waals surface area contributed by atoms with Gasteiger partial charge in [-0.15, -0.1) is 0 Å². The van der Waals surface area contributed by atoms with Crippen LogP contribution in [0.2, 0.25) is 0 Å². The molecule has 1 amide bonds. The maximum absolute atomic E-state index is 12.0. The Kier molecular flexibility index (Phi) is 4.68. The van der Waals surface area contributed by atoms with E-state index < -0.39 is 23.5 Å². The largest absolute Gasteiger partial charge is 0.508 e. The predicted molar refractivity (Wildman–Crippen MR) is 82.4 cm³/mol. The summed E-state index contributed by atoms with van der Waals surface area (Å²) in [4.78, 5) is 35.0. The van der Waals surface area contributed by atoms with Crippen molar-refractivity contribution >= 4 is 22.8 Å². The highest BCUT2D eigenvalue weighted by molar-refractivity contribution is 5.87. The van der Waals surface area contributed by atoms with E-state index >= 15 is 0 Å². The number of nitrogens with one attached hydrogen (secondary N) is 1. The number of aliphatic carboxylic acids is 1. The third kappa shape index (κ3) is 3.50. The second kappa shape index (κ2) is 6.51. The van der Waals surface area contributed by atoms with Gasteiger partial charge >= 0.3 is 11.6 Å². The van der Waals surface area contributed by atoms with Crippen LogP contribution in [0.4, 0.5) is 0 Å². The number of phenolic OH excluding ortho intramolecular Hbond substituents is 1. The van der Waals surface area contributed by atoms with Crippen LogP contribution in [-0.2, 0) is 16.0 Å². The van der Waals surface area contributed by atoms with Gasteiger partial charge in [0.2, 0.25) is 5.91 Å². The number of benzene rings is 1. The third-order valence-electron chi connectivity index (χ3n) is 3.65. The highest BCUT2D eigenvalue weighted by Gasteiger charge is 2.20. The van der Waals surface area contributed by atoms with Gasteiger partial charge in [-0.05, 0) is 31.0 Å². The van der Waals surface area contributed by atoms with Crippen LogP contribution >= 0.6 is 0 Å². The molecular weight excluding hydrogens is 302 g/mol. The first-order valence-corrected chi connectivity index (χ1v) is 7.11. The van der Waals surface area contributed by atoms with Crippen molar-refractivity contribution in [2.24, 2.45) is 0 Å². The Morgan fingerprint density at radius 1 is 1.35 bits per heavy atom. The molecular formula is C16H17NO6. The molecule has 1 aromatic carbocycles. The lowest BCUT2D eigenvalue weighted by Crippen LogP contribution is -2.41. The summed E-state index contributed by atoms with van der Waals surface area (Å²) in [6.07, 6.45) is -0.0274. The fourth-order valence-corrected chi connectivity index (χ4v) is 2.33. The van der Waals surface area contributed by atoms with Gasteiger partial charge in [-0.2, -0.15) is 0 Å². The Morgan fingerprint density at radius 2 is 2.04 bits per heavy atom. The monoisotopic (exact) mass is 319 g/mol. The molecule has 1 heterocycles. The van der Waals surface area contributed by atoms with Crippen molar-refractivity contribution in [2.45, 2.75) is 32.7 Å². The molecule has 0 aliphatic carbocycles. The molecule has 2 rings (SSSR count). The van der Waals surface area contributed by atoms with Crippen molar-refractivity contribution in [3.63, 3.8) is 0 Å². The Balaban J connectivity index is 2.33. The molecule has 0 fully saturated rings. The Morgan fingerprint density at radius 3 is 2.65 bits per heavy atom. The van der Waals surface area contributed by atoms with Crippen molar-refractivity contribution in [2.75, 3.05) is 0 Å². The van der Waals surface area contributed by atoms with Crippen molar-refractivity contribution in [1.29, 1.82) is 0 Å². The van der Waals surface area contributed by atoms with Gasteiger partial charge in [0.1, 0.15) is 17.4 Å². The SMILES string of the molecule is CC[C@H](NC(=O)Cc1c(C)c2ccc(O)cc2oc1=O)C(=O)O. The Hall–Kier alpha value is -2.83. The lowest BCUT2D eigenvalue weighted by molar-refractivity contribution is -0.141. The van der Waals surface area contributed by atoms with Gasteiger partial charge in [-0.3, -0.25) is 4.79 Å². The minimum absolute atomic E-state index is 0.0298. The molecule has 3 N–H and O–H groups in total. The summed E-state index contributed by atoms with van der Waals surface area (Å²) in [5.41, 5.74) is 0.281. The minimum Gasteiger partial charge on any atom is -0.508 e. The topological polar surface area (TPSA) is 117 Å². The number of aryl methyl sites for hydroxylation is 1. The van der Waals surface area contributed by atoms with Crippen LogP contribution in [0.5, 0.6) is 5.75 Å². The van der Waals surface area contributed by atoms with Crippen LogP contribution in [0.1, 0.15) is 24.5 Å². The molecule has 23 heavy (non-hydrogen) atoms. The molecule has 0 saturated carbocycles. The average Bonchev–Trinajstić information content (AvgIpc) is 2.48. The van der Waals surface area contributed by atoms with Crippen LogP contribution in [0.25, 0.3) is 11.0 Å². The van der Waals surface area contributed by atoms with Crippen LogP contribution in [0.15, 0.2) is 27.4 Å². The van der Waals surface area contributed by atoms with Crippen molar-refractivity contribution in [3.8, 4) is 5.75 Å². The molecule has 0 unspecified atom stereocenters. The van der Waals surface area contributed by atoms with E-state index in [1.807, 2.05) is 0 Å². The number of carbonyl (C=O) groups excluding carboxylic acids is 1. The smallest absolute Gasteiger partial charge is 0.340 e. The van der Waals surface area contributed by atoms with E-state index in [9.17, 15) is 19.5 Å². The molecule has 0 bridgehead atoms.